The van der Waals surface area contributed by atoms with Gasteiger partial charge in [0.05, 0.1) is 6.54 Å². The summed E-state index contributed by atoms with van der Waals surface area (Å²) in [5, 5.41) is 9.15. The van der Waals surface area contributed by atoms with Gasteiger partial charge >= 0.3 is 12.1 Å². The Balaban J connectivity index is 1.32. The fourth-order valence-electron chi connectivity index (χ4n) is 4.47. The van der Waals surface area contributed by atoms with Gasteiger partial charge in [-0.15, -0.1) is 0 Å². The molecule has 0 spiro atoms. The van der Waals surface area contributed by atoms with Crippen molar-refractivity contribution < 1.29 is 23.8 Å². The quantitative estimate of drug-likeness (QED) is 0.687. The number of benzene rings is 2. The lowest BCUT2D eigenvalue weighted by molar-refractivity contribution is 0.0660. The van der Waals surface area contributed by atoms with Crippen LogP contribution in [-0.4, -0.2) is 35.2 Å². The van der Waals surface area contributed by atoms with Crippen molar-refractivity contribution in [3.63, 3.8) is 0 Å². The smallest absolute Gasteiger partial charge is 0.410 e. The number of aromatic carboxylic acids is 1. The Kier molecular flexibility index (Phi) is 4.54. The van der Waals surface area contributed by atoms with Crippen LogP contribution in [0.5, 0.6) is 0 Å². The number of ether oxygens (including phenoxy) is 1. The Morgan fingerprint density at radius 2 is 1.73 bits per heavy atom. The lowest BCUT2D eigenvalue weighted by Crippen LogP contribution is -2.32. The molecule has 2 heterocycles. The molecule has 1 amide bonds. The number of carboxylic acids is 1. The van der Waals surface area contributed by atoms with E-state index in [1.165, 1.54) is 28.3 Å². The van der Waals surface area contributed by atoms with Crippen LogP contribution in [0.2, 0.25) is 0 Å². The number of furan rings is 1. The van der Waals surface area contributed by atoms with Crippen molar-refractivity contribution in [1.82, 2.24) is 4.90 Å². The average Bonchev–Trinajstić information content (AvgIpc) is 3.24. The van der Waals surface area contributed by atoms with Crippen molar-refractivity contribution in [2.75, 3.05) is 13.2 Å². The van der Waals surface area contributed by atoms with Gasteiger partial charge in [-0.05, 0) is 34.7 Å². The maximum Gasteiger partial charge on any atom is 0.410 e. The van der Waals surface area contributed by atoms with E-state index >= 15 is 0 Å². The zero-order chi connectivity index (χ0) is 20.7. The van der Waals surface area contributed by atoms with Crippen LogP contribution in [0, 0.1) is 0 Å². The second-order valence-electron chi connectivity index (χ2n) is 7.69. The van der Waals surface area contributed by atoms with Crippen LogP contribution in [0.25, 0.3) is 11.1 Å². The summed E-state index contributed by atoms with van der Waals surface area (Å²) in [7, 11) is 0. The average molecular weight is 403 g/mol. The molecule has 1 N–H and O–H groups in total. The van der Waals surface area contributed by atoms with E-state index in [0.717, 1.165) is 5.56 Å². The molecular weight excluding hydrogens is 382 g/mol. The largest absolute Gasteiger partial charge is 0.475 e. The molecule has 3 aromatic rings. The van der Waals surface area contributed by atoms with Gasteiger partial charge in [0.25, 0.3) is 0 Å². The highest BCUT2D eigenvalue weighted by Gasteiger charge is 2.30. The topological polar surface area (TPSA) is 80.0 Å². The summed E-state index contributed by atoms with van der Waals surface area (Å²) in [6, 6.07) is 18.0. The summed E-state index contributed by atoms with van der Waals surface area (Å²) < 4.78 is 11.2. The van der Waals surface area contributed by atoms with Crippen LogP contribution in [0.15, 0.2) is 59.0 Å². The molecule has 0 radical (unpaired) electrons. The van der Waals surface area contributed by atoms with E-state index in [4.69, 9.17) is 14.3 Å². The third kappa shape index (κ3) is 3.14. The van der Waals surface area contributed by atoms with E-state index in [2.05, 4.69) is 24.3 Å². The van der Waals surface area contributed by atoms with Crippen molar-refractivity contribution in [1.29, 1.82) is 0 Å². The Bertz CT molecular complexity index is 1090. The summed E-state index contributed by atoms with van der Waals surface area (Å²) in [5.74, 6) is -0.539. The number of hydrogen-bond donors (Lipinski definition) is 1. The maximum atomic E-state index is 12.8. The van der Waals surface area contributed by atoms with Gasteiger partial charge in [0, 0.05) is 24.4 Å². The highest BCUT2D eigenvalue weighted by Crippen LogP contribution is 2.44. The molecule has 0 saturated carbocycles. The zero-order valence-electron chi connectivity index (χ0n) is 16.3. The predicted octanol–water partition coefficient (Wildman–Crippen LogP) is 4.68. The van der Waals surface area contributed by atoms with E-state index in [-0.39, 0.29) is 24.4 Å². The minimum absolute atomic E-state index is 0.0106. The number of aryl methyl sites for hydroxylation is 1. The molecule has 0 saturated heterocycles. The second-order valence-corrected chi connectivity index (χ2v) is 7.69. The van der Waals surface area contributed by atoms with Gasteiger partial charge in [-0.25, -0.2) is 9.59 Å². The van der Waals surface area contributed by atoms with E-state index in [9.17, 15) is 9.59 Å². The lowest BCUT2D eigenvalue weighted by Gasteiger charge is -2.22. The first-order chi connectivity index (χ1) is 14.6. The van der Waals surface area contributed by atoms with Crippen LogP contribution < -0.4 is 0 Å². The second kappa shape index (κ2) is 7.37. The molecule has 30 heavy (non-hydrogen) atoms. The molecule has 6 nitrogen and oxygen atoms in total. The van der Waals surface area contributed by atoms with Crippen LogP contribution in [0.1, 0.15) is 45.3 Å². The first kappa shape index (κ1) is 18.5. The molecule has 1 aliphatic heterocycles. The molecule has 5 rings (SSSR count). The molecule has 152 valence electrons. The van der Waals surface area contributed by atoms with Gasteiger partial charge < -0.3 is 19.2 Å². The van der Waals surface area contributed by atoms with E-state index in [0.29, 0.717) is 31.7 Å². The van der Waals surface area contributed by atoms with Gasteiger partial charge in [0.2, 0.25) is 5.76 Å². The first-order valence-electron chi connectivity index (χ1n) is 10.1. The highest BCUT2D eigenvalue weighted by molar-refractivity contribution is 5.84. The number of carboxylic acid groups (broad SMARTS) is 1. The van der Waals surface area contributed by atoms with E-state index in [1.54, 1.807) is 4.90 Å². The van der Waals surface area contributed by atoms with Gasteiger partial charge in [-0.3, -0.25) is 0 Å². The number of nitrogens with zero attached hydrogens (tertiary/aromatic N) is 1. The normalized spacial score (nSPS) is 15.1. The Morgan fingerprint density at radius 1 is 1.07 bits per heavy atom. The third-order valence-electron chi connectivity index (χ3n) is 5.89. The molecule has 1 aromatic heterocycles. The van der Waals surface area contributed by atoms with Crippen molar-refractivity contribution in [2.24, 2.45) is 0 Å². The summed E-state index contributed by atoms with van der Waals surface area (Å²) >= 11 is 0. The number of rotatable bonds is 3. The molecule has 1 aliphatic carbocycles. The molecule has 6 heteroatoms. The van der Waals surface area contributed by atoms with Gasteiger partial charge in [0.1, 0.15) is 12.4 Å². The molecule has 0 bridgehead atoms. The van der Waals surface area contributed by atoms with Gasteiger partial charge in [-0.1, -0.05) is 48.5 Å². The van der Waals surface area contributed by atoms with E-state index < -0.39 is 5.97 Å². The Morgan fingerprint density at radius 3 is 2.40 bits per heavy atom. The minimum atomic E-state index is -1.10. The molecule has 0 fully saturated rings. The summed E-state index contributed by atoms with van der Waals surface area (Å²) in [6.45, 7) is 1.11. The standard InChI is InChI=1S/C24H21NO5/c26-23(27)22-12-15-13-25(11-5-10-21(15)30-22)24(28)29-14-20-18-8-3-1-6-16(18)17-7-2-4-9-19(17)20/h1-4,6-9,12,20H,5,10-11,13-14H2,(H,26,27). The van der Waals surface area contributed by atoms with Crippen molar-refractivity contribution in [3.05, 3.63) is 82.8 Å². The van der Waals surface area contributed by atoms with Gasteiger partial charge in [-0.2, -0.15) is 0 Å². The number of carbonyl (C=O) groups is 2. The summed E-state index contributed by atoms with van der Waals surface area (Å²) in [6.07, 6.45) is 0.919. The van der Waals surface area contributed by atoms with Crippen LogP contribution >= 0.6 is 0 Å². The van der Waals surface area contributed by atoms with Crippen molar-refractivity contribution in [2.45, 2.75) is 25.3 Å². The minimum Gasteiger partial charge on any atom is -0.475 e. The van der Waals surface area contributed by atoms with Crippen LogP contribution in [0.4, 0.5) is 4.79 Å². The number of carbonyl (C=O) groups excluding carboxylic acids is 1. The number of fused-ring (bicyclic) bond motifs is 4. The number of hydrogen-bond acceptors (Lipinski definition) is 4. The van der Waals surface area contributed by atoms with Crippen molar-refractivity contribution >= 4 is 12.1 Å². The fourth-order valence-corrected chi connectivity index (χ4v) is 4.47. The molecule has 2 aromatic carbocycles. The third-order valence-corrected chi connectivity index (χ3v) is 5.89. The molecule has 2 aliphatic rings. The Labute approximate surface area is 173 Å². The molecular formula is C24H21NO5. The van der Waals surface area contributed by atoms with Gasteiger partial charge in [0.15, 0.2) is 0 Å². The SMILES string of the molecule is O=C(O)c1cc2c(o1)CCCN(C(=O)OCC1c3ccccc3-c3ccccc31)C2. The highest BCUT2D eigenvalue weighted by atomic mass is 16.6. The zero-order valence-corrected chi connectivity index (χ0v) is 16.3. The molecule has 0 atom stereocenters. The lowest BCUT2D eigenvalue weighted by atomic mass is 9.98. The maximum absolute atomic E-state index is 12.8. The summed E-state index contributed by atoms with van der Waals surface area (Å²) in [5.41, 5.74) is 5.45. The Hall–Kier alpha value is -3.54. The number of amides is 1. The van der Waals surface area contributed by atoms with E-state index in [1.807, 2.05) is 24.3 Å². The predicted molar refractivity (Wildman–Crippen MR) is 109 cm³/mol. The summed E-state index contributed by atoms with van der Waals surface area (Å²) in [4.78, 5) is 25.6. The monoisotopic (exact) mass is 403 g/mol. The van der Waals surface area contributed by atoms with Crippen LogP contribution in [0.3, 0.4) is 0 Å². The van der Waals surface area contributed by atoms with Crippen LogP contribution in [-0.2, 0) is 17.7 Å². The molecule has 0 unspecified atom stereocenters. The first-order valence-corrected chi connectivity index (χ1v) is 10.1. The van der Waals surface area contributed by atoms with Crippen molar-refractivity contribution in [3.8, 4) is 11.1 Å². The fraction of sp³-hybridized carbons (Fsp3) is 0.250.